The third kappa shape index (κ3) is 2.87. The van der Waals surface area contributed by atoms with Crippen LogP contribution in [0, 0.1) is 5.92 Å². The standard InChI is InChI=1S/C15H17BrN2O2/c16-12-4-3-11-9-18(17-14(11)8-12)13-5-1-10(2-6-13)7-15(19)20/h3-4,8-10,13H,1-2,5-7H2,(H,19,20). The van der Waals surface area contributed by atoms with E-state index in [0.29, 0.717) is 18.4 Å². The Hall–Kier alpha value is -1.36. The zero-order valence-electron chi connectivity index (χ0n) is 11.1. The van der Waals surface area contributed by atoms with Gasteiger partial charge in [0.05, 0.1) is 11.6 Å². The van der Waals surface area contributed by atoms with E-state index in [1.54, 1.807) is 0 Å². The lowest BCUT2D eigenvalue weighted by atomic mass is 9.84. The second-order valence-corrected chi connectivity index (χ2v) is 6.50. The number of carboxylic acid groups (broad SMARTS) is 1. The Labute approximate surface area is 125 Å². The first kappa shape index (κ1) is 13.6. The maximum Gasteiger partial charge on any atom is 0.303 e. The number of carbonyl (C=O) groups is 1. The van der Waals surface area contributed by atoms with E-state index in [1.807, 2.05) is 12.1 Å². The maximum absolute atomic E-state index is 10.7. The minimum atomic E-state index is -0.678. The van der Waals surface area contributed by atoms with Crippen LogP contribution >= 0.6 is 15.9 Å². The summed E-state index contributed by atoms with van der Waals surface area (Å²) in [7, 11) is 0. The molecule has 0 bridgehead atoms. The average Bonchev–Trinajstić information content (AvgIpc) is 2.81. The molecule has 5 heteroatoms. The summed E-state index contributed by atoms with van der Waals surface area (Å²) in [6.07, 6.45) is 6.42. The zero-order valence-corrected chi connectivity index (χ0v) is 12.7. The van der Waals surface area contributed by atoms with Gasteiger partial charge in [0.2, 0.25) is 0 Å². The smallest absolute Gasteiger partial charge is 0.303 e. The van der Waals surface area contributed by atoms with Crippen LogP contribution in [0.25, 0.3) is 10.9 Å². The summed E-state index contributed by atoms with van der Waals surface area (Å²) in [6, 6.07) is 6.53. The Balaban J connectivity index is 1.71. The van der Waals surface area contributed by atoms with Gasteiger partial charge in [-0.2, -0.15) is 5.10 Å². The third-order valence-corrected chi connectivity index (χ3v) is 4.63. The van der Waals surface area contributed by atoms with Crippen LogP contribution in [0.15, 0.2) is 28.9 Å². The second-order valence-electron chi connectivity index (χ2n) is 5.58. The Morgan fingerprint density at radius 2 is 2.10 bits per heavy atom. The Morgan fingerprint density at radius 1 is 1.35 bits per heavy atom. The molecule has 20 heavy (non-hydrogen) atoms. The Morgan fingerprint density at radius 3 is 2.80 bits per heavy atom. The highest BCUT2D eigenvalue weighted by Crippen LogP contribution is 2.34. The molecule has 1 aromatic heterocycles. The van der Waals surface area contributed by atoms with Gasteiger partial charge in [-0.3, -0.25) is 9.48 Å². The number of fused-ring (bicyclic) bond motifs is 1. The number of nitrogens with zero attached hydrogens (tertiary/aromatic N) is 2. The van der Waals surface area contributed by atoms with Crippen LogP contribution in [-0.2, 0) is 4.79 Å². The normalized spacial score (nSPS) is 23.1. The fourth-order valence-electron chi connectivity index (χ4n) is 3.06. The van der Waals surface area contributed by atoms with Crippen LogP contribution in [0.2, 0.25) is 0 Å². The van der Waals surface area contributed by atoms with Crippen molar-refractivity contribution in [2.24, 2.45) is 5.92 Å². The molecule has 1 heterocycles. The molecule has 0 atom stereocenters. The van der Waals surface area contributed by atoms with Gasteiger partial charge in [-0.05, 0) is 43.7 Å². The number of halogens is 1. The molecule has 0 unspecified atom stereocenters. The number of rotatable bonds is 3. The molecule has 1 N–H and O–H groups in total. The molecule has 0 radical (unpaired) electrons. The highest BCUT2D eigenvalue weighted by Gasteiger charge is 2.24. The number of hydrogen-bond donors (Lipinski definition) is 1. The summed E-state index contributed by atoms with van der Waals surface area (Å²) < 4.78 is 3.11. The molecule has 0 saturated heterocycles. The molecule has 0 amide bonds. The van der Waals surface area contributed by atoms with Crippen LogP contribution in [0.5, 0.6) is 0 Å². The molecule has 1 saturated carbocycles. The van der Waals surface area contributed by atoms with E-state index in [2.05, 4.69) is 38.0 Å². The lowest BCUT2D eigenvalue weighted by Gasteiger charge is -2.27. The molecule has 1 fully saturated rings. The van der Waals surface area contributed by atoms with Crippen LogP contribution in [0.4, 0.5) is 0 Å². The van der Waals surface area contributed by atoms with E-state index in [4.69, 9.17) is 5.11 Å². The molecular weight excluding hydrogens is 320 g/mol. The van der Waals surface area contributed by atoms with E-state index >= 15 is 0 Å². The van der Waals surface area contributed by atoms with Gasteiger partial charge in [-0.1, -0.05) is 22.0 Å². The van der Waals surface area contributed by atoms with Gasteiger partial charge in [0.1, 0.15) is 0 Å². The minimum absolute atomic E-state index is 0.306. The molecular formula is C15H17BrN2O2. The Kier molecular flexibility index (Phi) is 3.78. The highest BCUT2D eigenvalue weighted by molar-refractivity contribution is 9.10. The number of hydrogen-bond acceptors (Lipinski definition) is 2. The predicted molar refractivity (Wildman–Crippen MR) is 80.7 cm³/mol. The molecule has 2 aromatic rings. The largest absolute Gasteiger partial charge is 0.481 e. The first-order chi connectivity index (χ1) is 9.61. The van der Waals surface area contributed by atoms with Crippen molar-refractivity contribution in [1.82, 2.24) is 9.78 Å². The van der Waals surface area contributed by atoms with E-state index < -0.39 is 5.97 Å². The van der Waals surface area contributed by atoms with Crippen molar-refractivity contribution >= 4 is 32.8 Å². The number of carboxylic acids is 1. The van der Waals surface area contributed by atoms with E-state index in [-0.39, 0.29) is 0 Å². The van der Waals surface area contributed by atoms with Crippen molar-refractivity contribution in [2.45, 2.75) is 38.1 Å². The average molecular weight is 337 g/mol. The lowest BCUT2D eigenvalue weighted by molar-refractivity contribution is -0.138. The van der Waals surface area contributed by atoms with Crippen molar-refractivity contribution in [3.63, 3.8) is 0 Å². The molecule has 4 nitrogen and oxygen atoms in total. The molecule has 1 aliphatic carbocycles. The Bertz CT molecular complexity index is 630. The van der Waals surface area contributed by atoms with Crippen molar-refractivity contribution < 1.29 is 9.90 Å². The van der Waals surface area contributed by atoms with Crippen LogP contribution in [-0.4, -0.2) is 20.9 Å². The molecule has 0 aliphatic heterocycles. The fourth-order valence-corrected chi connectivity index (χ4v) is 3.40. The van der Waals surface area contributed by atoms with Crippen molar-refractivity contribution in [3.05, 3.63) is 28.9 Å². The monoisotopic (exact) mass is 336 g/mol. The summed E-state index contributed by atoms with van der Waals surface area (Å²) in [4.78, 5) is 10.7. The number of benzene rings is 1. The molecule has 1 aliphatic rings. The van der Waals surface area contributed by atoms with Gasteiger partial charge < -0.3 is 5.11 Å². The highest BCUT2D eigenvalue weighted by atomic mass is 79.9. The van der Waals surface area contributed by atoms with E-state index in [0.717, 1.165) is 41.1 Å². The number of aromatic nitrogens is 2. The molecule has 0 spiro atoms. The van der Waals surface area contributed by atoms with Crippen molar-refractivity contribution in [1.29, 1.82) is 0 Å². The minimum Gasteiger partial charge on any atom is -0.481 e. The summed E-state index contributed by atoms with van der Waals surface area (Å²) >= 11 is 3.46. The van der Waals surface area contributed by atoms with Crippen LogP contribution in [0.1, 0.15) is 38.1 Å². The summed E-state index contributed by atoms with van der Waals surface area (Å²) in [6.45, 7) is 0. The molecule has 106 valence electrons. The predicted octanol–water partition coefficient (Wildman–Crippen LogP) is 4.00. The zero-order chi connectivity index (χ0) is 14.1. The van der Waals surface area contributed by atoms with Gasteiger partial charge in [0.25, 0.3) is 0 Å². The van der Waals surface area contributed by atoms with Gasteiger partial charge in [-0.15, -0.1) is 0 Å². The van der Waals surface area contributed by atoms with Gasteiger partial charge in [-0.25, -0.2) is 0 Å². The molecule has 3 rings (SSSR count). The maximum atomic E-state index is 10.7. The van der Waals surface area contributed by atoms with Gasteiger partial charge in [0, 0.05) is 22.5 Å². The van der Waals surface area contributed by atoms with Gasteiger partial charge in [0.15, 0.2) is 0 Å². The third-order valence-electron chi connectivity index (χ3n) is 4.14. The van der Waals surface area contributed by atoms with Crippen molar-refractivity contribution in [2.75, 3.05) is 0 Å². The molecule has 1 aromatic carbocycles. The lowest BCUT2D eigenvalue weighted by Crippen LogP contribution is -2.20. The van der Waals surface area contributed by atoms with E-state index in [9.17, 15) is 4.79 Å². The van der Waals surface area contributed by atoms with Crippen LogP contribution in [0.3, 0.4) is 0 Å². The summed E-state index contributed by atoms with van der Waals surface area (Å²) in [5.41, 5.74) is 1.01. The van der Waals surface area contributed by atoms with E-state index in [1.165, 1.54) is 0 Å². The van der Waals surface area contributed by atoms with Crippen molar-refractivity contribution in [3.8, 4) is 0 Å². The van der Waals surface area contributed by atoms with Gasteiger partial charge >= 0.3 is 5.97 Å². The topological polar surface area (TPSA) is 55.1 Å². The quantitative estimate of drug-likeness (QED) is 0.921. The fraction of sp³-hybridized carbons (Fsp3) is 0.467. The first-order valence-corrected chi connectivity index (χ1v) is 7.77. The second kappa shape index (κ2) is 5.56. The SMILES string of the molecule is O=C(O)CC1CCC(n2cc3ccc(Br)cc3n2)CC1. The first-order valence-electron chi connectivity index (χ1n) is 6.98. The number of aliphatic carboxylic acids is 1. The summed E-state index contributed by atoms with van der Waals surface area (Å²) in [5, 5.41) is 14.7. The summed E-state index contributed by atoms with van der Waals surface area (Å²) in [5.74, 6) is -0.342. The van der Waals surface area contributed by atoms with Crippen LogP contribution < -0.4 is 0 Å².